The maximum Gasteiger partial charge on any atom is 0.256 e. The molecule has 0 aliphatic carbocycles. The van der Waals surface area contributed by atoms with E-state index in [0.29, 0.717) is 34.9 Å². The monoisotopic (exact) mass is 357 g/mol. The number of anilines is 1. The average Bonchev–Trinajstić information content (AvgIpc) is 2.91. The molecule has 2 amide bonds. The molecule has 0 bridgehead atoms. The second-order valence-electron chi connectivity index (χ2n) is 5.90. The lowest BCUT2D eigenvalue weighted by Crippen LogP contribution is -2.34. The zero-order chi connectivity index (χ0) is 17.6. The number of hydrogen-bond acceptors (Lipinski definition) is 3. The predicted molar refractivity (Wildman–Crippen MR) is 99.2 cm³/mol. The Labute approximate surface area is 152 Å². The minimum Gasteiger partial charge on any atom is -0.337 e. The molecule has 1 heterocycles. The summed E-state index contributed by atoms with van der Waals surface area (Å²) >= 11 is 5.86. The Kier molecular flexibility index (Phi) is 5.68. The lowest BCUT2D eigenvalue weighted by molar-refractivity contribution is 0.0767. The maximum atomic E-state index is 12.9. The number of rotatable bonds is 3. The van der Waals surface area contributed by atoms with Crippen LogP contribution in [-0.2, 0) is 0 Å². The molecule has 0 atom stereocenters. The molecule has 5 nitrogen and oxygen atoms in total. The summed E-state index contributed by atoms with van der Waals surface area (Å²) in [5.41, 5.74) is 1.52. The van der Waals surface area contributed by atoms with E-state index in [4.69, 9.17) is 11.6 Å². The van der Waals surface area contributed by atoms with Crippen LogP contribution in [0.3, 0.4) is 0 Å². The molecule has 130 valence electrons. The van der Waals surface area contributed by atoms with E-state index in [9.17, 15) is 9.59 Å². The quantitative estimate of drug-likeness (QED) is 0.887. The third kappa shape index (κ3) is 4.38. The molecule has 25 heavy (non-hydrogen) atoms. The summed E-state index contributed by atoms with van der Waals surface area (Å²) in [5, 5.41) is 6.69. The van der Waals surface area contributed by atoms with E-state index in [-0.39, 0.29) is 11.8 Å². The molecule has 3 rings (SSSR count). The first-order valence-electron chi connectivity index (χ1n) is 8.31. The van der Waals surface area contributed by atoms with Crippen molar-refractivity contribution in [3.63, 3.8) is 0 Å². The SMILES string of the molecule is O=C(Nc1ccccc1C(=O)N1CCCNCC1)c1ccc(Cl)cc1. The van der Waals surface area contributed by atoms with Crippen LogP contribution in [0.1, 0.15) is 27.1 Å². The fourth-order valence-electron chi connectivity index (χ4n) is 2.79. The van der Waals surface area contributed by atoms with Gasteiger partial charge in [-0.2, -0.15) is 0 Å². The maximum absolute atomic E-state index is 12.9. The van der Waals surface area contributed by atoms with E-state index in [1.54, 1.807) is 48.5 Å². The second kappa shape index (κ2) is 8.14. The van der Waals surface area contributed by atoms with Crippen LogP contribution in [0.4, 0.5) is 5.69 Å². The summed E-state index contributed by atoms with van der Waals surface area (Å²) < 4.78 is 0. The van der Waals surface area contributed by atoms with Gasteiger partial charge in [0.15, 0.2) is 0 Å². The van der Waals surface area contributed by atoms with Gasteiger partial charge in [-0.3, -0.25) is 9.59 Å². The van der Waals surface area contributed by atoms with Crippen LogP contribution in [0, 0.1) is 0 Å². The van der Waals surface area contributed by atoms with Crippen molar-refractivity contribution in [1.29, 1.82) is 0 Å². The Morgan fingerprint density at radius 1 is 1.00 bits per heavy atom. The van der Waals surface area contributed by atoms with Crippen molar-refractivity contribution >= 4 is 29.1 Å². The Balaban J connectivity index is 1.79. The zero-order valence-corrected chi connectivity index (χ0v) is 14.6. The van der Waals surface area contributed by atoms with Gasteiger partial charge in [0.05, 0.1) is 11.3 Å². The minimum atomic E-state index is -0.269. The summed E-state index contributed by atoms with van der Waals surface area (Å²) in [5.74, 6) is -0.329. The number of benzene rings is 2. The summed E-state index contributed by atoms with van der Waals surface area (Å²) in [6, 6.07) is 13.7. The average molecular weight is 358 g/mol. The summed E-state index contributed by atoms with van der Waals surface area (Å²) in [4.78, 5) is 27.1. The predicted octanol–water partition coefficient (Wildman–Crippen LogP) is 3.03. The second-order valence-corrected chi connectivity index (χ2v) is 6.34. The van der Waals surface area contributed by atoms with Crippen molar-refractivity contribution in [2.75, 3.05) is 31.5 Å². The van der Waals surface area contributed by atoms with Gasteiger partial charge in [0.2, 0.25) is 0 Å². The van der Waals surface area contributed by atoms with Crippen molar-refractivity contribution in [3.05, 3.63) is 64.7 Å². The van der Waals surface area contributed by atoms with Crippen LogP contribution in [0.15, 0.2) is 48.5 Å². The smallest absolute Gasteiger partial charge is 0.256 e. The van der Waals surface area contributed by atoms with Crippen LogP contribution in [-0.4, -0.2) is 42.9 Å². The first-order valence-corrected chi connectivity index (χ1v) is 8.69. The molecule has 2 aromatic carbocycles. The van der Waals surface area contributed by atoms with Gasteiger partial charge < -0.3 is 15.5 Å². The Morgan fingerprint density at radius 2 is 1.76 bits per heavy atom. The summed E-state index contributed by atoms with van der Waals surface area (Å²) in [6.45, 7) is 3.08. The number of nitrogens with zero attached hydrogens (tertiary/aromatic N) is 1. The Bertz CT molecular complexity index is 754. The van der Waals surface area contributed by atoms with Crippen LogP contribution < -0.4 is 10.6 Å². The van der Waals surface area contributed by atoms with Crippen molar-refractivity contribution in [2.45, 2.75) is 6.42 Å². The molecule has 2 aromatic rings. The van der Waals surface area contributed by atoms with Gasteiger partial charge in [-0.15, -0.1) is 0 Å². The molecule has 0 aromatic heterocycles. The molecule has 0 spiro atoms. The molecule has 0 radical (unpaired) electrons. The van der Waals surface area contributed by atoms with Gasteiger partial charge in [-0.25, -0.2) is 0 Å². The third-order valence-corrected chi connectivity index (χ3v) is 4.39. The van der Waals surface area contributed by atoms with Gasteiger partial charge in [0.1, 0.15) is 0 Å². The highest BCUT2D eigenvalue weighted by Gasteiger charge is 2.20. The largest absolute Gasteiger partial charge is 0.337 e. The van der Waals surface area contributed by atoms with E-state index in [1.807, 2.05) is 4.90 Å². The first-order chi connectivity index (χ1) is 12.1. The summed E-state index contributed by atoms with van der Waals surface area (Å²) in [7, 11) is 0. The fraction of sp³-hybridized carbons (Fsp3) is 0.263. The van der Waals surface area contributed by atoms with E-state index < -0.39 is 0 Å². The molecule has 6 heteroatoms. The van der Waals surface area contributed by atoms with E-state index in [1.165, 1.54) is 0 Å². The molecule has 2 N–H and O–H groups in total. The Morgan fingerprint density at radius 3 is 2.56 bits per heavy atom. The number of carbonyl (C=O) groups excluding carboxylic acids is 2. The van der Waals surface area contributed by atoms with E-state index in [0.717, 1.165) is 19.5 Å². The van der Waals surface area contributed by atoms with Gasteiger partial charge in [-0.1, -0.05) is 23.7 Å². The molecule has 0 saturated carbocycles. The number of carbonyl (C=O) groups is 2. The number of amides is 2. The minimum absolute atomic E-state index is 0.0595. The molecule has 1 aliphatic heterocycles. The first kappa shape index (κ1) is 17.5. The lowest BCUT2D eigenvalue weighted by atomic mass is 10.1. The van der Waals surface area contributed by atoms with Crippen molar-refractivity contribution in [2.24, 2.45) is 0 Å². The molecule has 1 fully saturated rings. The van der Waals surface area contributed by atoms with Crippen LogP contribution in [0.5, 0.6) is 0 Å². The van der Waals surface area contributed by atoms with E-state index in [2.05, 4.69) is 10.6 Å². The number of nitrogens with one attached hydrogen (secondary N) is 2. The lowest BCUT2D eigenvalue weighted by Gasteiger charge is -2.21. The van der Waals surface area contributed by atoms with Crippen LogP contribution in [0.2, 0.25) is 5.02 Å². The summed E-state index contributed by atoms with van der Waals surface area (Å²) in [6.07, 6.45) is 0.922. The number of halogens is 1. The Hall–Kier alpha value is -2.37. The van der Waals surface area contributed by atoms with Crippen molar-refractivity contribution in [1.82, 2.24) is 10.2 Å². The van der Waals surface area contributed by atoms with Gasteiger partial charge in [-0.05, 0) is 49.4 Å². The molecule has 1 aliphatic rings. The molecular formula is C19H20ClN3O2. The van der Waals surface area contributed by atoms with Crippen LogP contribution >= 0.6 is 11.6 Å². The van der Waals surface area contributed by atoms with Gasteiger partial charge in [0, 0.05) is 30.2 Å². The van der Waals surface area contributed by atoms with Crippen LogP contribution in [0.25, 0.3) is 0 Å². The topological polar surface area (TPSA) is 61.4 Å². The number of hydrogen-bond donors (Lipinski definition) is 2. The normalized spacial score (nSPS) is 14.7. The third-order valence-electron chi connectivity index (χ3n) is 4.14. The molecule has 1 saturated heterocycles. The fourth-order valence-corrected chi connectivity index (χ4v) is 2.92. The van der Waals surface area contributed by atoms with Gasteiger partial charge in [0.25, 0.3) is 11.8 Å². The van der Waals surface area contributed by atoms with Crippen molar-refractivity contribution < 1.29 is 9.59 Å². The highest BCUT2D eigenvalue weighted by Crippen LogP contribution is 2.19. The standard InChI is InChI=1S/C19H20ClN3O2/c20-15-8-6-14(7-9-15)18(24)22-17-5-2-1-4-16(17)19(25)23-12-3-10-21-11-13-23/h1-2,4-9,21H,3,10-13H2,(H,22,24). The van der Waals surface area contributed by atoms with Crippen molar-refractivity contribution in [3.8, 4) is 0 Å². The van der Waals surface area contributed by atoms with Gasteiger partial charge >= 0.3 is 0 Å². The van der Waals surface area contributed by atoms with E-state index >= 15 is 0 Å². The highest BCUT2D eigenvalue weighted by atomic mass is 35.5. The highest BCUT2D eigenvalue weighted by molar-refractivity contribution is 6.30. The zero-order valence-electron chi connectivity index (χ0n) is 13.8. The molecule has 0 unspecified atom stereocenters. The molecular weight excluding hydrogens is 338 g/mol. The number of para-hydroxylation sites is 1.